The highest BCUT2D eigenvalue weighted by molar-refractivity contribution is 5.88. The van der Waals surface area contributed by atoms with Gasteiger partial charge < -0.3 is 10.4 Å². The van der Waals surface area contributed by atoms with E-state index in [-0.39, 0.29) is 0 Å². The molecule has 1 aliphatic carbocycles. The van der Waals surface area contributed by atoms with Gasteiger partial charge >= 0.3 is 5.97 Å². The molecule has 1 saturated carbocycles. The van der Waals surface area contributed by atoms with Gasteiger partial charge in [0.1, 0.15) is 5.82 Å². The molecule has 2 unspecified atom stereocenters. The average Bonchev–Trinajstić information content (AvgIpc) is 2.26. The van der Waals surface area contributed by atoms with Gasteiger partial charge in [0.2, 0.25) is 0 Å². The highest BCUT2D eigenvalue weighted by Gasteiger charge is 2.24. The van der Waals surface area contributed by atoms with Gasteiger partial charge in [-0.1, -0.05) is 13.8 Å². The zero-order chi connectivity index (χ0) is 14.0. The van der Waals surface area contributed by atoms with Crippen LogP contribution in [0.15, 0.2) is 12.1 Å². The fourth-order valence-corrected chi connectivity index (χ4v) is 3.14. The predicted molar refractivity (Wildman–Crippen MR) is 75.5 cm³/mol. The second kappa shape index (κ2) is 5.59. The van der Waals surface area contributed by atoms with Gasteiger partial charge in [0.25, 0.3) is 0 Å². The molecule has 0 saturated heterocycles. The predicted octanol–water partition coefficient (Wildman–Crippen LogP) is 3.32. The van der Waals surface area contributed by atoms with Crippen LogP contribution in [0.2, 0.25) is 0 Å². The van der Waals surface area contributed by atoms with E-state index < -0.39 is 5.97 Å². The maximum Gasteiger partial charge on any atom is 0.335 e. The number of carbonyl (C=O) groups is 1. The Morgan fingerprint density at radius 1 is 1.26 bits per heavy atom. The van der Waals surface area contributed by atoms with E-state index in [0.717, 1.165) is 18.5 Å². The minimum Gasteiger partial charge on any atom is -0.478 e. The SMILES string of the molecule is Cc1cc(C(=O)O)cc(NC2CC(C)CC(C)C2)n1. The zero-order valence-corrected chi connectivity index (χ0v) is 11.8. The van der Waals surface area contributed by atoms with E-state index in [9.17, 15) is 4.79 Å². The summed E-state index contributed by atoms with van der Waals surface area (Å²) in [5.41, 5.74) is 1.03. The molecular formula is C15H22N2O2. The lowest BCUT2D eigenvalue weighted by Gasteiger charge is -2.32. The summed E-state index contributed by atoms with van der Waals surface area (Å²) in [6, 6.07) is 3.62. The molecule has 4 heteroatoms. The van der Waals surface area contributed by atoms with Gasteiger partial charge in [-0.05, 0) is 50.2 Å². The van der Waals surface area contributed by atoms with Crippen molar-refractivity contribution in [3.8, 4) is 0 Å². The summed E-state index contributed by atoms with van der Waals surface area (Å²) >= 11 is 0. The Hall–Kier alpha value is -1.58. The average molecular weight is 262 g/mol. The van der Waals surface area contributed by atoms with Crippen molar-refractivity contribution in [1.29, 1.82) is 0 Å². The Kier molecular flexibility index (Phi) is 4.08. The lowest BCUT2D eigenvalue weighted by atomic mass is 9.80. The third-order valence-electron chi connectivity index (χ3n) is 3.73. The summed E-state index contributed by atoms with van der Waals surface area (Å²) in [5.74, 6) is 1.21. The first-order chi connectivity index (χ1) is 8.94. The van der Waals surface area contributed by atoms with Crippen molar-refractivity contribution >= 4 is 11.8 Å². The van der Waals surface area contributed by atoms with Crippen molar-refractivity contribution in [3.05, 3.63) is 23.4 Å². The van der Waals surface area contributed by atoms with Gasteiger partial charge in [0, 0.05) is 11.7 Å². The number of hydrogen-bond acceptors (Lipinski definition) is 3. The van der Waals surface area contributed by atoms with E-state index in [1.807, 2.05) is 6.92 Å². The van der Waals surface area contributed by atoms with E-state index in [1.54, 1.807) is 12.1 Å². The minimum atomic E-state index is -0.904. The first-order valence-electron chi connectivity index (χ1n) is 6.92. The summed E-state index contributed by atoms with van der Waals surface area (Å²) in [6.45, 7) is 6.37. The molecule has 1 aromatic heterocycles. The van der Waals surface area contributed by atoms with Gasteiger partial charge in [-0.25, -0.2) is 9.78 Å². The van der Waals surface area contributed by atoms with E-state index in [4.69, 9.17) is 5.11 Å². The van der Waals surface area contributed by atoms with Crippen molar-refractivity contribution in [2.75, 3.05) is 5.32 Å². The molecule has 2 rings (SSSR count). The molecule has 0 amide bonds. The largest absolute Gasteiger partial charge is 0.478 e. The standard InChI is InChI=1S/C15H22N2O2/c1-9-4-10(2)6-13(5-9)17-14-8-12(15(18)19)7-11(3)16-14/h7-10,13H,4-6H2,1-3H3,(H,16,17)(H,18,19). The number of aromatic nitrogens is 1. The van der Waals surface area contributed by atoms with Crippen LogP contribution in [0.3, 0.4) is 0 Å². The molecule has 2 N–H and O–H groups in total. The molecule has 4 nitrogen and oxygen atoms in total. The van der Waals surface area contributed by atoms with E-state index in [1.165, 1.54) is 6.42 Å². The van der Waals surface area contributed by atoms with Crippen molar-refractivity contribution in [2.45, 2.75) is 46.1 Å². The second-order valence-corrected chi connectivity index (χ2v) is 5.95. The topological polar surface area (TPSA) is 62.2 Å². The Labute approximate surface area is 114 Å². The Bertz CT molecular complexity index is 463. The molecule has 1 aromatic rings. The Morgan fingerprint density at radius 2 is 1.89 bits per heavy atom. The number of carboxylic acids is 1. The summed E-state index contributed by atoms with van der Waals surface area (Å²) in [5, 5.41) is 12.5. The van der Waals surface area contributed by atoms with Crippen LogP contribution >= 0.6 is 0 Å². The smallest absolute Gasteiger partial charge is 0.335 e. The summed E-state index contributed by atoms with van der Waals surface area (Å²) in [4.78, 5) is 15.4. The maximum absolute atomic E-state index is 11.0. The molecule has 0 spiro atoms. The number of aromatic carboxylic acids is 1. The molecule has 2 atom stereocenters. The third-order valence-corrected chi connectivity index (χ3v) is 3.73. The van der Waals surface area contributed by atoms with Gasteiger partial charge in [-0.3, -0.25) is 0 Å². The molecule has 0 radical (unpaired) electrons. The highest BCUT2D eigenvalue weighted by Crippen LogP contribution is 2.30. The molecular weight excluding hydrogens is 240 g/mol. The van der Waals surface area contributed by atoms with Gasteiger partial charge in [0.15, 0.2) is 0 Å². The molecule has 104 valence electrons. The van der Waals surface area contributed by atoms with E-state index in [0.29, 0.717) is 29.3 Å². The number of nitrogens with one attached hydrogen (secondary N) is 1. The second-order valence-electron chi connectivity index (χ2n) is 5.95. The normalized spacial score (nSPS) is 27.0. The highest BCUT2D eigenvalue weighted by atomic mass is 16.4. The van der Waals surface area contributed by atoms with Crippen LogP contribution in [0.5, 0.6) is 0 Å². The molecule has 0 bridgehead atoms. The number of anilines is 1. The summed E-state index contributed by atoms with van der Waals surface area (Å²) < 4.78 is 0. The number of pyridine rings is 1. The molecule has 0 aliphatic heterocycles. The quantitative estimate of drug-likeness (QED) is 0.877. The fourth-order valence-electron chi connectivity index (χ4n) is 3.14. The third kappa shape index (κ3) is 3.69. The number of rotatable bonds is 3. The first-order valence-corrected chi connectivity index (χ1v) is 6.92. The van der Waals surface area contributed by atoms with E-state index in [2.05, 4.69) is 24.1 Å². The van der Waals surface area contributed by atoms with Crippen LogP contribution in [-0.4, -0.2) is 22.1 Å². The van der Waals surface area contributed by atoms with Crippen molar-refractivity contribution in [3.63, 3.8) is 0 Å². The van der Waals surface area contributed by atoms with Gasteiger partial charge in [0.05, 0.1) is 5.56 Å². The number of aryl methyl sites for hydroxylation is 1. The van der Waals surface area contributed by atoms with Crippen LogP contribution in [-0.2, 0) is 0 Å². The van der Waals surface area contributed by atoms with Crippen molar-refractivity contribution in [2.24, 2.45) is 11.8 Å². The molecule has 0 aromatic carbocycles. The van der Waals surface area contributed by atoms with Crippen molar-refractivity contribution in [1.82, 2.24) is 4.98 Å². The molecule has 1 aliphatic rings. The van der Waals surface area contributed by atoms with Crippen LogP contribution in [0.4, 0.5) is 5.82 Å². The Morgan fingerprint density at radius 3 is 2.47 bits per heavy atom. The van der Waals surface area contributed by atoms with Gasteiger partial charge in [-0.15, -0.1) is 0 Å². The molecule has 1 heterocycles. The Balaban J connectivity index is 2.12. The van der Waals surface area contributed by atoms with Gasteiger partial charge in [-0.2, -0.15) is 0 Å². The minimum absolute atomic E-state index is 0.298. The number of carboxylic acid groups (broad SMARTS) is 1. The number of nitrogens with zero attached hydrogens (tertiary/aromatic N) is 1. The lowest BCUT2D eigenvalue weighted by molar-refractivity contribution is 0.0696. The van der Waals surface area contributed by atoms with Crippen LogP contribution < -0.4 is 5.32 Å². The van der Waals surface area contributed by atoms with E-state index >= 15 is 0 Å². The fraction of sp³-hybridized carbons (Fsp3) is 0.600. The van der Waals surface area contributed by atoms with Crippen LogP contribution in [0.1, 0.15) is 49.2 Å². The summed E-state index contributed by atoms with van der Waals surface area (Å²) in [7, 11) is 0. The first kappa shape index (κ1) is 13.8. The molecule has 19 heavy (non-hydrogen) atoms. The van der Waals surface area contributed by atoms with Crippen LogP contribution in [0, 0.1) is 18.8 Å². The van der Waals surface area contributed by atoms with Crippen LogP contribution in [0.25, 0.3) is 0 Å². The lowest BCUT2D eigenvalue weighted by Crippen LogP contribution is -2.30. The monoisotopic (exact) mass is 262 g/mol. The maximum atomic E-state index is 11.0. The van der Waals surface area contributed by atoms with Crippen molar-refractivity contribution < 1.29 is 9.90 Å². The summed E-state index contributed by atoms with van der Waals surface area (Å²) in [6.07, 6.45) is 3.53. The molecule has 1 fully saturated rings. The zero-order valence-electron chi connectivity index (χ0n) is 11.8. The number of hydrogen-bond donors (Lipinski definition) is 2.